The lowest BCUT2D eigenvalue weighted by molar-refractivity contribution is -0.129. The van der Waals surface area contributed by atoms with Crippen LogP contribution >= 0.6 is 0 Å². The highest BCUT2D eigenvalue weighted by Gasteiger charge is 2.57. The molecule has 0 spiro atoms. The molecule has 6 nitrogen and oxygen atoms in total. The van der Waals surface area contributed by atoms with Gasteiger partial charge in [-0.25, -0.2) is 0 Å². The minimum Gasteiger partial charge on any atom is -0.366 e. The second-order valence-electron chi connectivity index (χ2n) is 8.52. The molecule has 2 heterocycles. The van der Waals surface area contributed by atoms with Gasteiger partial charge in [-0.1, -0.05) is 0 Å². The third-order valence-electron chi connectivity index (χ3n) is 6.51. The molecule has 0 bridgehead atoms. The number of amides is 2. The molecule has 6 unspecified atom stereocenters. The summed E-state index contributed by atoms with van der Waals surface area (Å²) < 4.78 is 11.3. The highest BCUT2D eigenvalue weighted by molar-refractivity contribution is 5.82. The Kier molecular flexibility index (Phi) is 3.69. The van der Waals surface area contributed by atoms with Gasteiger partial charge in [-0.05, 0) is 59.3 Å². The molecule has 4 aliphatic rings. The lowest BCUT2D eigenvalue weighted by Crippen LogP contribution is -2.50. The number of rotatable bonds is 4. The van der Waals surface area contributed by atoms with E-state index in [0.29, 0.717) is 0 Å². The fourth-order valence-corrected chi connectivity index (χ4v) is 4.47. The summed E-state index contributed by atoms with van der Waals surface area (Å²) in [5.41, 5.74) is 0.0496. The Morgan fingerprint density at radius 1 is 0.917 bits per heavy atom. The van der Waals surface area contributed by atoms with Crippen LogP contribution in [0.25, 0.3) is 0 Å². The maximum Gasteiger partial charge on any atom is 0.224 e. The summed E-state index contributed by atoms with van der Waals surface area (Å²) in [6, 6.07) is 0. The Balaban J connectivity index is 1.22. The van der Waals surface area contributed by atoms with Gasteiger partial charge in [-0.3, -0.25) is 9.59 Å². The van der Waals surface area contributed by atoms with Crippen molar-refractivity contribution in [2.75, 3.05) is 0 Å². The topological polar surface area (TPSA) is 83.3 Å². The molecule has 2 aliphatic heterocycles. The number of carbonyl (C=O) groups is 2. The maximum atomic E-state index is 12.4. The Hall–Kier alpha value is -1.14. The molecule has 6 atom stereocenters. The Morgan fingerprint density at radius 3 is 1.71 bits per heavy atom. The van der Waals surface area contributed by atoms with E-state index in [1.54, 1.807) is 0 Å². The fraction of sp³-hybridized carbons (Fsp3) is 0.889. The van der Waals surface area contributed by atoms with Crippen LogP contribution in [-0.2, 0) is 19.1 Å². The van der Waals surface area contributed by atoms with Gasteiger partial charge in [-0.15, -0.1) is 0 Å². The number of ether oxygens (including phenoxy) is 2. The fourth-order valence-electron chi connectivity index (χ4n) is 4.47. The molecule has 4 fully saturated rings. The highest BCUT2D eigenvalue weighted by Crippen LogP contribution is 2.50. The minimum absolute atomic E-state index is 0.000166. The average Bonchev–Trinajstić information content (AvgIpc) is 3.37. The van der Waals surface area contributed by atoms with Gasteiger partial charge in [0, 0.05) is 11.8 Å². The number of epoxide rings is 2. The average molecular weight is 336 g/mol. The van der Waals surface area contributed by atoms with E-state index in [9.17, 15) is 9.59 Å². The van der Waals surface area contributed by atoms with E-state index in [4.69, 9.17) is 9.47 Å². The summed E-state index contributed by atoms with van der Waals surface area (Å²) in [5.74, 6) is 0.0598. The van der Waals surface area contributed by atoms with Crippen molar-refractivity contribution in [3.63, 3.8) is 0 Å². The summed E-state index contributed by atoms with van der Waals surface area (Å²) in [6.07, 6.45) is 5.33. The maximum absolute atomic E-state index is 12.4. The number of hydrogen-bond acceptors (Lipinski definition) is 4. The van der Waals surface area contributed by atoms with E-state index in [0.717, 1.165) is 38.5 Å². The van der Waals surface area contributed by atoms with Gasteiger partial charge in [0.1, 0.15) is 0 Å². The Bertz CT molecular complexity index is 519. The van der Waals surface area contributed by atoms with Gasteiger partial charge in [0.2, 0.25) is 11.8 Å². The van der Waals surface area contributed by atoms with Crippen LogP contribution in [0.3, 0.4) is 0 Å². The minimum atomic E-state index is -0.341. The number of hydrogen-bond donors (Lipinski definition) is 2. The summed E-state index contributed by atoms with van der Waals surface area (Å²) in [5, 5.41) is 5.89. The van der Waals surface area contributed by atoms with Crippen molar-refractivity contribution in [3.05, 3.63) is 0 Å². The molecule has 4 rings (SSSR count). The Morgan fingerprint density at radius 2 is 1.33 bits per heavy atom. The first kappa shape index (κ1) is 16.3. The predicted octanol–water partition coefficient (Wildman–Crippen LogP) is 1.48. The van der Waals surface area contributed by atoms with Crippen LogP contribution in [0.4, 0.5) is 0 Å². The summed E-state index contributed by atoms with van der Waals surface area (Å²) in [4.78, 5) is 24.8. The third-order valence-corrected chi connectivity index (χ3v) is 6.51. The van der Waals surface area contributed by atoms with E-state index in [2.05, 4.69) is 24.5 Å². The zero-order valence-electron chi connectivity index (χ0n) is 14.8. The zero-order valence-corrected chi connectivity index (χ0v) is 14.8. The molecule has 0 radical (unpaired) electrons. The lowest BCUT2D eigenvalue weighted by atomic mass is 9.82. The first-order valence-electron chi connectivity index (χ1n) is 9.25. The first-order chi connectivity index (χ1) is 11.3. The molecule has 2 saturated carbocycles. The molecule has 0 aromatic rings. The van der Waals surface area contributed by atoms with Gasteiger partial charge >= 0.3 is 0 Å². The van der Waals surface area contributed by atoms with Crippen LogP contribution in [0.15, 0.2) is 0 Å². The summed E-state index contributed by atoms with van der Waals surface area (Å²) in [7, 11) is 0. The van der Waals surface area contributed by atoms with Gasteiger partial charge in [0.05, 0.1) is 29.6 Å². The van der Waals surface area contributed by atoms with Crippen molar-refractivity contribution in [3.8, 4) is 0 Å². The molecule has 2 aliphatic carbocycles. The number of carbonyl (C=O) groups excluding carboxylic acids is 2. The van der Waals surface area contributed by atoms with Crippen LogP contribution in [0.1, 0.15) is 59.3 Å². The van der Waals surface area contributed by atoms with Crippen molar-refractivity contribution in [2.45, 2.75) is 88.9 Å². The molecule has 134 valence electrons. The molecular weight excluding hydrogens is 308 g/mol. The molecule has 0 aromatic carbocycles. The summed E-state index contributed by atoms with van der Waals surface area (Å²) >= 11 is 0. The Labute approximate surface area is 143 Å². The van der Waals surface area contributed by atoms with Crippen molar-refractivity contribution in [1.82, 2.24) is 10.6 Å². The smallest absolute Gasteiger partial charge is 0.224 e. The molecular formula is C18H28N2O4. The zero-order chi connectivity index (χ0) is 17.1. The number of nitrogens with one attached hydrogen (secondary N) is 2. The monoisotopic (exact) mass is 336 g/mol. The van der Waals surface area contributed by atoms with Crippen LogP contribution in [0, 0.1) is 11.8 Å². The second-order valence-corrected chi connectivity index (χ2v) is 8.52. The van der Waals surface area contributed by atoms with Crippen molar-refractivity contribution in [1.29, 1.82) is 0 Å². The van der Waals surface area contributed by atoms with Gasteiger partial charge in [-0.2, -0.15) is 0 Å². The van der Waals surface area contributed by atoms with Crippen LogP contribution < -0.4 is 10.6 Å². The molecule has 0 aromatic heterocycles. The standard InChI is InChI=1S/C18H28N2O4/c1-10(19-15(21)11-4-6-17(2)13(8-11)23-17)20-16(22)12-5-7-18(3)14(9-12)24-18/h10-14H,4-9H2,1-3H3,(H,19,21)(H,20,22). The normalized spacial score (nSPS) is 47.0. The largest absolute Gasteiger partial charge is 0.366 e. The van der Waals surface area contributed by atoms with E-state index in [1.807, 2.05) is 6.92 Å². The van der Waals surface area contributed by atoms with E-state index in [-0.39, 0.29) is 53.2 Å². The molecule has 2 saturated heterocycles. The highest BCUT2D eigenvalue weighted by atomic mass is 16.6. The van der Waals surface area contributed by atoms with E-state index >= 15 is 0 Å². The second kappa shape index (κ2) is 5.43. The van der Waals surface area contributed by atoms with E-state index < -0.39 is 0 Å². The van der Waals surface area contributed by atoms with Crippen molar-refractivity contribution in [2.24, 2.45) is 11.8 Å². The van der Waals surface area contributed by atoms with Gasteiger partial charge < -0.3 is 20.1 Å². The molecule has 2 amide bonds. The van der Waals surface area contributed by atoms with Gasteiger partial charge in [0.25, 0.3) is 0 Å². The quantitative estimate of drug-likeness (QED) is 0.602. The SMILES string of the molecule is CC(NC(=O)C1CCC2(C)OC2C1)NC(=O)C1CCC2(C)OC2C1. The lowest BCUT2D eigenvalue weighted by Gasteiger charge is -2.26. The first-order valence-corrected chi connectivity index (χ1v) is 9.25. The van der Waals surface area contributed by atoms with Crippen molar-refractivity contribution < 1.29 is 19.1 Å². The third kappa shape index (κ3) is 2.94. The van der Waals surface area contributed by atoms with Crippen LogP contribution in [0.5, 0.6) is 0 Å². The van der Waals surface area contributed by atoms with Crippen LogP contribution in [-0.4, -0.2) is 41.4 Å². The van der Waals surface area contributed by atoms with Gasteiger partial charge in [0.15, 0.2) is 0 Å². The predicted molar refractivity (Wildman–Crippen MR) is 87.0 cm³/mol. The number of fused-ring (bicyclic) bond motifs is 2. The molecule has 2 N–H and O–H groups in total. The molecule has 24 heavy (non-hydrogen) atoms. The van der Waals surface area contributed by atoms with E-state index in [1.165, 1.54) is 0 Å². The van der Waals surface area contributed by atoms with Crippen LogP contribution in [0.2, 0.25) is 0 Å². The van der Waals surface area contributed by atoms with Crippen molar-refractivity contribution >= 4 is 11.8 Å². The summed E-state index contributed by atoms with van der Waals surface area (Å²) in [6.45, 7) is 6.07. The molecule has 6 heteroatoms.